The molecule has 0 aliphatic carbocycles. The Morgan fingerprint density at radius 3 is 2.79 bits per heavy atom. The Hall–Kier alpha value is -1.68. The molecule has 2 nitrogen and oxygen atoms in total. The minimum atomic E-state index is -0.878. The molecule has 1 aliphatic heterocycles. The Bertz CT molecular complexity index is 581. The average Bonchev–Trinajstić information content (AvgIpc) is 2.81. The van der Waals surface area contributed by atoms with Crippen LogP contribution in [0.15, 0.2) is 53.9 Å². The smallest absolute Gasteiger partial charge is 0.270 e. The molecule has 2 rings (SSSR count). The third-order valence-electron chi connectivity index (χ3n) is 2.64. The lowest BCUT2D eigenvalue weighted by Crippen LogP contribution is -2.01. The molecule has 1 heterocycles. The summed E-state index contributed by atoms with van der Waals surface area (Å²) in [5.74, 6) is 0.319. The summed E-state index contributed by atoms with van der Waals surface area (Å²) in [6, 6.07) is 4.29. The normalized spacial score (nSPS) is 22.9. The molecule has 0 aromatic heterocycles. The summed E-state index contributed by atoms with van der Waals surface area (Å²) in [7, 11) is 5.75. The lowest BCUT2D eigenvalue weighted by molar-refractivity contribution is -0.0223. The summed E-state index contributed by atoms with van der Waals surface area (Å²) in [5.41, 5.74) is 0.598. The highest BCUT2D eigenvalue weighted by Gasteiger charge is 2.30. The highest BCUT2D eigenvalue weighted by Crippen LogP contribution is 2.38. The van der Waals surface area contributed by atoms with E-state index in [4.69, 9.17) is 28.9 Å². The Morgan fingerprint density at radius 1 is 1.47 bits per heavy atom. The van der Waals surface area contributed by atoms with E-state index >= 15 is 0 Å². The van der Waals surface area contributed by atoms with Gasteiger partial charge in [0.25, 0.3) is 6.29 Å². The second-order valence-corrected chi connectivity index (χ2v) is 4.31. The van der Waals surface area contributed by atoms with Gasteiger partial charge in [-0.15, -0.1) is 0 Å². The van der Waals surface area contributed by atoms with Crippen LogP contribution >= 0.6 is 11.6 Å². The van der Waals surface area contributed by atoms with Crippen LogP contribution in [0.1, 0.15) is 18.8 Å². The summed E-state index contributed by atoms with van der Waals surface area (Å²) in [6.45, 7) is 5.34. The van der Waals surface area contributed by atoms with Crippen molar-refractivity contribution in [2.24, 2.45) is 0 Å². The molecule has 1 saturated heterocycles. The Kier molecular flexibility index (Phi) is 4.00. The summed E-state index contributed by atoms with van der Waals surface area (Å²) in [4.78, 5) is 0. The van der Waals surface area contributed by atoms with Gasteiger partial charge in [-0.1, -0.05) is 29.7 Å². The van der Waals surface area contributed by atoms with Crippen molar-refractivity contribution in [1.29, 1.82) is 0 Å². The number of hydrogen-bond donors (Lipinski definition) is 0. The molecule has 96 valence electrons. The molecule has 1 aromatic rings. The SMILES string of the molecule is [B]/C(C=C)=C1\OC(c2ccc(Cl)cc2F)O\C1=C\C. The predicted molar refractivity (Wildman–Crippen MR) is 73.1 cm³/mol. The minimum absolute atomic E-state index is 0.260. The van der Waals surface area contributed by atoms with Crippen LogP contribution in [0, 0.1) is 5.82 Å². The first-order valence-corrected chi connectivity index (χ1v) is 6.01. The van der Waals surface area contributed by atoms with Crippen molar-refractivity contribution in [1.82, 2.24) is 0 Å². The number of rotatable bonds is 2. The molecular formula is C14H11BClFO2. The summed E-state index contributed by atoms with van der Waals surface area (Å²) in [5, 5.41) is 0.312. The van der Waals surface area contributed by atoms with E-state index in [9.17, 15) is 4.39 Å². The van der Waals surface area contributed by atoms with Crippen molar-refractivity contribution in [2.45, 2.75) is 13.2 Å². The van der Waals surface area contributed by atoms with Crippen molar-refractivity contribution in [3.05, 3.63) is 70.3 Å². The summed E-state index contributed by atoms with van der Waals surface area (Å²) in [6.07, 6.45) is 2.26. The van der Waals surface area contributed by atoms with E-state index < -0.39 is 12.1 Å². The van der Waals surface area contributed by atoms with Gasteiger partial charge in [-0.2, -0.15) is 0 Å². The van der Waals surface area contributed by atoms with E-state index in [-0.39, 0.29) is 5.56 Å². The van der Waals surface area contributed by atoms with Gasteiger partial charge < -0.3 is 9.47 Å². The first-order chi connectivity index (χ1) is 9.06. The van der Waals surface area contributed by atoms with Crippen molar-refractivity contribution in [3.63, 3.8) is 0 Å². The fourth-order valence-electron chi connectivity index (χ4n) is 1.68. The highest BCUT2D eigenvalue weighted by molar-refractivity contribution is 6.30. The van der Waals surface area contributed by atoms with Crippen LogP contribution in [0.25, 0.3) is 0 Å². The Morgan fingerprint density at radius 2 is 2.21 bits per heavy atom. The molecule has 5 heteroatoms. The van der Waals surface area contributed by atoms with E-state index in [0.29, 0.717) is 22.0 Å². The topological polar surface area (TPSA) is 18.5 Å². The number of benzene rings is 1. The number of halogens is 2. The number of allylic oxidation sites excluding steroid dienone is 3. The third kappa shape index (κ3) is 2.68. The standard InChI is InChI=1S/C14H11BClFO2/c1-3-10(15)13-12(4-2)18-14(19-13)9-6-5-8(16)7-11(9)17/h3-7,14H,1H2,2H3/b12-4+,13-10-. The molecule has 1 unspecified atom stereocenters. The first kappa shape index (κ1) is 13.7. The molecule has 0 bridgehead atoms. The van der Waals surface area contributed by atoms with Crippen LogP contribution < -0.4 is 0 Å². The summed E-state index contributed by atoms with van der Waals surface area (Å²) >= 11 is 5.71. The van der Waals surface area contributed by atoms with Gasteiger partial charge in [-0.25, -0.2) is 4.39 Å². The van der Waals surface area contributed by atoms with Gasteiger partial charge in [0.2, 0.25) is 0 Å². The number of hydrogen-bond acceptors (Lipinski definition) is 2. The molecule has 0 saturated carbocycles. The Labute approximate surface area is 117 Å². The average molecular weight is 277 g/mol. The zero-order valence-corrected chi connectivity index (χ0v) is 11.1. The molecule has 0 spiro atoms. The second-order valence-electron chi connectivity index (χ2n) is 3.87. The van der Waals surface area contributed by atoms with Gasteiger partial charge in [-0.3, -0.25) is 0 Å². The van der Waals surface area contributed by atoms with Crippen LogP contribution in [-0.2, 0) is 9.47 Å². The van der Waals surface area contributed by atoms with Crippen LogP contribution in [0.2, 0.25) is 5.02 Å². The lowest BCUT2D eigenvalue weighted by atomic mass is 9.94. The molecule has 2 radical (unpaired) electrons. The molecule has 1 fully saturated rings. The molecule has 0 N–H and O–H groups in total. The van der Waals surface area contributed by atoms with Gasteiger partial charge in [-0.05, 0) is 31.2 Å². The van der Waals surface area contributed by atoms with E-state index in [1.807, 2.05) is 0 Å². The zero-order chi connectivity index (χ0) is 14.0. The maximum absolute atomic E-state index is 13.8. The van der Waals surface area contributed by atoms with Gasteiger partial charge in [0, 0.05) is 5.02 Å². The summed E-state index contributed by atoms with van der Waals surface area (Å²) < 4.78 is 24.9. The van der Waals surface area contributed by atoms with Crippen LogP contribution in [0.3, 0.4) is 0 Å². The van der Waals surface area contributed by atoms with Crippen molar-refractivity contribution in [2.75, 3.05) is 0 Å². The quantitative estimate of drug-likeness (QED) is 0.760. The van der Waals surface area contributed by atoms with E-state index in [0.717, 1.165) is 0 Å². The molecule has 19 heavy (non-hydrogen) atoms. The maximum Gasteiger partial charge on any atom is 0.270 e. The van der Waals surface area contributed by atoms with Gasteiger partial charge >= 0.3 is 0 Å². The van der Waals surface area contributed by atoms with E-state index in [1.165, 1.54) is 18.2 Å². The van der Waals surface area contributed by atoms with Crippen molar-refractivity contribution >= 4 is 19.4 Å². The Balaban J connectivity index is 2.37. The first-order valence-electron chi connectivity index (χ1n) is 5.64. The third-order valence-corrected chi connectivity index (χ3v) is 2.88. The van der Waals surface area contributed by atoms with Crippen LogP contribution in [-0.4, -0.2) is 7.85 Å². The minimum Gasteiger partial charge on any atom is -0.447 e. The van der Waals surface area contributed by atoms with Crippen molar-refractivity contribution < 1.29 is 13.9 Å². The van der Waals surface area contributed by atoms with Gasteiger partial charge in [0.1, 0.15) is 13.7 Å². The number of ether oxygens (including phenoxy) is 2. The van der Waals surface area contributed by atoms with Crippen LogP contribution in [0.5, 0.6) is 0 Å². The van der Waals surface area contributed by atoms with Crippen LogP contribution in [0.4, 0.5) is 4.39 Å². The van der Waals surface area contributed by atoms with Crippen molar-refractivity contribution in [3.8, 4) is 0 Å². The molecule has 1 aromatic carbocycles. The van der Waals surface area contributed by atoms with E-state index in [1.54, 1.807) is 19.1 Å². The fourth-order valence-corrected chi connectivity index (χ4v) is 1.84. The van der Waals surface area contributed by atoms with Gasteiger partial charge in [0.05, 0.1) is 5.56 Å². The predicted octanol–water partition coefficient (Wildman–Crippen LogP) is 3.99. The fraction of sp³-hybridized carbons (Fsp3) is 0.143. The van der Waals surface area contributed by atoms with E-state index in [2.05, 4.69) is 6.58 Å². The monoisotopic (exact) mass is 276 g/mol. The molecular weight excluding hydrogens is 265 g/mol. The zero-order valence-electron chi connectivity index (χ0n) is 10.3. The van der Waals surface area contributed by atoms with Gasteiger partial charge in [0.15, 0.2) is 11.5 Å². The molecule has 1 aliphatic rings. The largest absolute Gasteiger partial charge is 0.447 e. The molecule has 0 amide bonds. The molecule has 1 atom stereocenters. The lowest BCUT2D eigenvalue weighted by Gasteiger charge is -2.10. The second kappa shape index (κ2) is 5.53. The maximum atomic E-state index is 13.8. The highest BCUT2D eigenvalue weighted by atomic mass is 35.5.